The van der Waals surface area contributed by atoms with Gasteiger partial charge in [-0.25, -0.2) is 13.9 Å². The highest BCUT2D eigenvalue weighted by Gasteiger charge is 2.36. The first kappa shape index (κ1) is 15.7. The topological polar surface area (TPSA) is 86.7 Å². The van der Waals surface area contributed by atoms with Crippen LogP contribution in [0.1, 0.15) is 6.42 Å². The molecular weight excluding hydrogens is 316 g/mol. The van der Waals surface area contributed by atoms with E-state index in [9.17, 15) is 13.2 Å². The van der Waals surface area contributed by atoms with Gasteiger partial charge in [-0.3, -0.25) is 10.0 Å². The van der Waals surface area contributed by atoms with Gasteiger partial charge in [-0.1, -0.05) is 42.5 Å². The number of carbonyl (C=O) groups is 1. The minimum atomic E-state index is -3.85. The molecule has 1 heterocycles. The highest BCUT2D eigenvalue weighted by molar-refractivity contribution is 7.89. The number of amides is 1. The van der Waals surface area contributed by atoms with Gasteiger partial charge >= 0.3 is 0 Å². The van der Waals surface area contributed by atoms with Crippen molar-refractivity contribution in [3.63, 3.8) is 0 Å². The van der Waals surface area contributed by atoms with Crippen LogP contribution in [0.15, 0.2) is 59.5 Å². The molecule has 7 heteroatoms. The summed E-state index contributed by atoms with van der Waals surface area (Å²) >= 11 is 0. The summed E-state index contributed by atoms with van der Waals surface area (Å²) in [7, 11) is -3.85. The highest BCUT2D eigenvalue weighted by Crippen LogP contribution is 2.25. The Kier molecular flexibility index (Phi) is 4.16. The fourth-order valence-electron chi connectivity index (χ4n) is 2.69. The molecule has 0 aliphatic carbocycles. The molecular formula is C16H16N2O4S. The lowest BCUT2D eigenvalue weighted by atomic mass is 10.1. The Hall–Kier alpha value is -2.22. The summed E-state index contributed by atoms with van der Waals surface area (Å²) in [4.78, 5) is 11.9. The van der Waals surface area contributed by atoms with Crippen LogP contribution in [0, 0.1) is 0 Å². The van der Waals surface area contributed by atoms with E-state index in [0.717, 1.165) is 15.1 Å². The molecule has 2 aromatic rings. The number of hydrogen-bond donors (Lipinski definition) is 2. The van der Waals surface area contributed by atoms with E-state index < -0.39 is 22.0 Å². The van der Waals surface area contributed by atoms with Crippen molar-refractivity contribution in [2.75, 3.05) is 6.54 Å². The smallest absolute Gasteiger partial charge is 0.262 e. The Morgan fingerprint density at radius 2 is 1.87 bits per heavy atom. The second-order valence-corrected chi connectivity index (χ2v) is 7.17. The van der Waals surface area contributed by atoms with Crippen molar-refractivity contribution in [3.05, 3.63) is 54.6 Å². The third-order valence-corrected chi connectivity index (χ3v) is 5.77. The van der Waals surface area contributed by atoms with E-state index >= 15 is 0 Å². The summed E-state index contributed by atoms with van der Waals surface area (Å²) in [6, 6.07) is 11.4. The molecule has 0 fully saturated rings. The third kappa shape index (κ3) is 2.86. The Labute approximate surface area is 134 Å². The molecule has 1 aliphatic rings. The maximum absolute atomic E-state index is 12.9. The molecule has 0 saturated carbocycles. The summed E-state index contributed by atoms with van der Waals surface area (Å²) in [6.07, 6.45) is 3.64. The molecule has 1 atom stereocenters. The van der Waals surface area contributed by atoms with Gasteiger partial charge in [-0.05, 0) is 29.3 Å². The summed E-state index contributed by atoms with van der Waals surface area (Å²) in [5, 5.41) is 10.6. The number of sulfonamides is 1. The van der Waals surface area contributed by atoms with Crippen molar-refractivity contribution in [2.24, 2.45) is 0 Å². The highest BCUT2D eigenvalue weighted by atomic mass is 32.2. The zero-order valence-electron chi connectivity index (χ0n) is 12.2. The predicted molar refractivity (Wildman–Crippen MR) is 85.3 cm³/mol. The lowest BCUT2D eigenvalue weighted by Gasteiger charge is -2.30. The van der Waals surface area contributed by atoms with Gasteiger partial charge in [-0.2, -0.15) is 4.31 Å². The van der Waals surface area contributed by atoms with Gasteiger partial charge in [-0.15, -0.1) is 0 Å². The van der Waals surface area contributed by atoms with Crippen LogP contribution in [-0.2, 0) is 14.8 Å². The fourth-order valence-corrected chi connectivity index (χ4v) is 4.28. The van der Waals surface area contributed by atoms with Gasteiger partial charge in [0.25, 0.3) is 5.91 Å². The molecule has 1 unspecified atom stereocenters. The first-order chi connectivity index (χ1) is 11.0. The number of nitrogens with one attached hydrogen (secondary N) is 1. The van der Waals surface area contributed by atoms with E-state index in [1.165, 1.54) is 11.5 Å². The average molecular weight is 332 g/mol. The van der Waals surface area contributed by atoms with E-state index in [2.05, 4.69) is 0 Å². The summed E-state index contributed by atoms with van der Waals surface area (Å²) in [6.45, 7) is 0.0905. The SMILES string of the molecule is O=C(NO)C1CC=CCN1S(=O)(=O)c1ccc2ccccc2c1. The molecule has 0 spiro atoms. The number of carbonyl (C=O) groups excluding carboxylic acids is 1. The van der Waals surface area contributed by atoms with Gasteiger partial charge in [0.15, 0.2) is 0 Å². The second-order valence-electron chi connectivity index (χ2n) is 5.28. The largest absolute Gasteiger partial charge is 0.289 e. The van der Waals surface area contributed by atoms with Crippen molar-refractivity contribution < 1.29 is 18.4 Å². The van der Waals surface area contributed by atoms with Crippen molar-refractivity contribution >= 4 is 26.7 Å². The lowest BCUT2D eigenvalue weighted by Crippen LogP contribution is -2.50. The maximum Gasteiger partial charge on any atom is 0.262 e. The van der Waals surface area contributed by atoms with Crippen LogP contribution in [0.3, 0.4) is 0 Å². The standard InChI is InChI=1S/C16H16N2O4S/c19-16(17-20)15-7-3-4-10-18(15)23(21,22)14-9-8-12-5-1-2-6-13(12)11-14/h1-6,8-9,11,15,20H,7,10H2,(H,17,19). The second kappa shape index (κ2) is 6.11. The lowest BCUT2D eigenvalue weighted by molar-refractivity contribution is -0.133. The van der Waals surface area contributed by atoms with Crippen LogP contribution in [0.4, 0.5) is 0 Å². The monoisotopic (exact) mass is 332 g/mol. The molecule has 0 aromatic heterocycles. The summed E-state index contributed by atoms with van der Waals surface area (Å²) < 4.78 is 26.9. The fraction of sp³-hybridized carbons (Fsp3) is 0.188. The zero-order valence-corrected chi connectivity index (χ0v) is 13.0. The molecule has 1 aliphatic heterocycles. The predicted octanol–water partition coefficient (Wildman–Crippen LogP) is 1.66. The van der Waals surface area contributed by atoms with Crippen LogP contribution in [0.25, 0.3) is 10.8 Å². The van der Waals surface area contributed by atoms with Gasteiger partial charge in [0, 0.05) is 6.54 Å². The van der Waals surface area contributed by atoms with Crippen molar-refractivity contribution in [1.82, 2.24) is 9.79 Å². The van der Waals surface area contributed by atoms with Crippen LogP contribution >= 0.6 is 0 Å². The Morgan fingerprint density at radius 3 is 2.61 bits per heavy atom. The molecule has 23 heavy (non-hydrogen) atoms. The van der Waals surface area contributed by atoms with Crippen molar-refractivity contribution in [2.45, 2.75) is 17.4 Å². The Balaban J connectivity index is 2.04. The molecule has 6 nitrogen and oxygen atoms in total. The average Bonchev–Trinajstić information content (AvgIpc) is 2.60. The first-order valence-corrected chi connectivity index (χ1v) is 8.57. The quantitative estimate of drug-likeness (QED) is 0.508. The molecule has 0 saturated heterocycles. The molecule has 1 amide bonds. The van der Waals surface area contributed by atoms with Gasteiger partial charge in [0.1, 0.15) is 6.04 Å². The number of fused-ring (bicyclic) bond motifs is 1. The minimum Gasteiger partial charge on any atom is -0.289 e. The molecule has 120 valence electrons. The minimum absolute atomic E-state index is 0.0905. The van der Waals surface area contributed by atoms with Crippen LogP contribution in [0.5, 0.6) is 0 Å². The third-order valence-electron chi connectivity index (χ3n) is 3.90. The van der Waals surface area contributed by atoms with E-state index in [4.69, 9.17) is 5.21 Å². The molecule has 0 bridgehead atoms. The normalized spacial score (nSPS) is 18.9. The zero-order chi connectivity index (χ0) is 16.4. The van der Waals surface area contributed by atoms with E-state index in [0.29, 0.717) is 0 Å². The van der Waals surface area contributed by atoms with Gasteiger partial charge in [0.2, 0.25) is 10.0 Å². The number of rotatable bonds is 3. The van der Waals surface area contributed by atoms with E-state index in [1.807, 2.05) is 24.3 Å². The first-order valence-electron chi connectivity index (χ1n) is 7.13. The Bertz CT molecular complexity index is 877. The number of hydroxylamine groups is 1. The number of nitrogens with zero attached hydrogens (tertiary/aromatic N) is 1. The summed E-state index contributed by atoms with van der Waals surface area (Å²) in [5.74, 6) is -0.737. The van der Waals surface area contributed by atoms with E-state index in [-0.39, 0.29) is 17.9 Å². The van der Waals surface area contributed by atoms with Crippen molar-refractivity contribution in [3.8, 4) is 0 Å². The molecule has 2 aromatic carbocycles. The molecule has 0 radical (unpaired) electrons. The van der Waals surface area contributed by atoms with Gasteiger partial charge < -0.3 is 0 Å². The van der Waals surface area contributed by atoms with E-state index in [1.54, 1.807) is 24.3 Å². The van der Waals surface area contributed by atoms with Crippen molar-refractivity contribution in [1.29, 1.82) is 0 Å². The molecule has 3 rings (SSSR count). The van der Waals surface area contributed by atoms with Gasteiger partial charge in [0.05, 0.1) is 4.90 Å². The van der Waals surface area contributed by atoms with Crippen LogP contribution in [0.2, 0.25) is 0 Å². The number of benzene rings is 2. The maximum atomic E-state index is 12.9. The van der Waals surface area contributed by atoms with Crippen LogP contribution < -0.4 is 5.48 Å². The molecule has 2 N–H and O–H groups in total. The van der Waals surface area contributed by atoms with Crippen LogP contribution in [-0.4, -0.2) is 36.4 Å². The summed E-state index contributed by atoms with van der Waals surface area (Å²) in [5.41, 5.74) is 1.54. The number of hydrogen-bond acceptors (Lipinski definition) is 4. The Morgan fingerprint density at radius 1 is 1.13 bits per heavy atom.